The first-order valence-corrected chi connectivity index (χ1v) is 8.63. The molecule has 2 aromatic rings. The summed E-state index contributed by atoms with van der Waals surface area (Å²) >= 11 is 0. The van der Waals surface area contributed by atoms with Crippen LogP contribution in [-0.4, -0.2) is 21.0 Å². The minimum absolute atomic E-state index is 0.0105. The van der Waals surface area contributed by atoms with Gasteiger partial charge in [0, 0.05) is 0 Å². The Morgan fingerprint density at radius 3 is 2.32 bits per heavy atom. The standard InChI is InChI=1S/C16H14F3NO4S/c1-2-24-16(21)15(10-6-4-3-5-7-10)20-25(22,23)12-9-8-11(17)13(18)14(12)19/h3-9,15,20H,2H2,1H3. The zero-order valence-corrected chi connectivity index (χ0v) is 13.8. The Morgan fingerprint density at radius 1 is 1.08 bits per heavy atom. The molecule has 134 valence electrons. The molecule has 0 heterocycles. The van der Waals surface area contributed by atoms with Crippen LogP contribution in [0.1, 0.15) is 18.5 Å². The maximum Gasteiger partial charge on any atom is 0.328 e. The number of hydrogen-bond acceptors (Lipinski definition) is 4. The van der Waals surface area contributed by atoms with Crippen molar-refractivity contribution in [3.8, 4) is 0 Å². The Kier molecular flexibility index (Phi) is 5.81. The summed E-state index contributed by atoms with van der Waals surface area (Å²) in [6.45, 7) is 1.52. The molecule has 25 heavy (non-hydrogen) atoms. The second-order valence-corrected chi connectivity index (χ2v) is 6.57. The van der Waals surface area contributed by atoms with Crippen LogP contribution < -0.4 is 4.72 Å². The van der Waals surface area contributed by atoms with Crippen LogP contribution >= 0.6 is 0 Å². The monoisotopic (exact) mass is 373 g/mol. The molecule has 0 aliphatic carbocycles. The van der Waals surface area contributed by atoms with Gasteiger partial charge in [0.1, 0.15) is 10.9 Å². The molecule has 2 rings (SSSR count). The van der Waals surface area contributed by atoms with E-state index in [1.165, 1.54) is 19.1 Å². The molecule has 0 aromatic heterocycles. The van der Waals surface area contributed by atoms with Gasteiger partial charge in [0.2, 0.25) is 10.0 Å². The van der Waals surface area contributed by atoms with E-state index in [2.05, 4.69) is 0 Å². The average Bonchev–Trinajstić information content (AvgIpc) is 2.58. The topological polar surface area (TPSA) is 72.5 Å². The van der Waals surface area contributed by atoms with E-state index >= 15 is 0 Å². The highest BCUT2D eigenvalue weighted by atomic mass is 32.2. The molecule has 0 aliphatic rings. The lowest BCUT2D eigenvalue weighted by molar-refractivity contribution is -0.145. The quantitative estimate of drug-likeness (QED) is 0.624. The van der Waals surface area contributed by atoms with Crippen LogP contribution in [-0.2, 0) is 19.6 Å². The first kappa shape index (κ1) is 18.9. The molecule has 9 heteroatoms. The van der Waals surface area contributed by atoms with Crippen molar-refractivity contribution >= 4 is 16.0 Å². The molecular formula is C16H14F3NO4S. The number of nitrogens with one attached hydrogen (secondary N) is 1. The van der Waals surface area contributed by atoms with Crippen molar-refractivity contribution in [3.63, 3.8) is 0 Å². The Morgan fingerprint density at radius 2 is 1.72 bits per heavy atom. The van der Waals surface area contributed by atoms with Crippen molar-refractivity contribution in [1.82, 2.24) is 4.72 Å². The van der Waals surface area contributed by atoms with Gasteiger partial charge < -0.3 is 4.74 Å². The van der Waals surface area contributed by atoms with Crippen molar-refractivity contribution in [1.29, 1.82) is 0 Å². The highest BCUT2D eigenvalue weighted by Crippen LogP contribution is 2.23. The molecule has 5 nitrogen and oxygen atoms in total. The molecule has 0 saturated carbocycles. The van der Waals surface area contributed by atoms with Crippen molar-refractivity contribution < 1.29 is 31.1 Å². The fourth-order valence-electron chi connectivity index (χ4n) is 2.06. The summed E-state index contributed by atoms with van der Waals surface area (Å²) in [5.41, 5.74) is 0.243. The lowest BCUT2D eigenvalue weighted by atomic mass is 10.1. The van der Waals surface area contributed by atoms with Crippen LogP contribution in [0.2, 0.25) is 0 Å². The molecular weight excluding hydrogens is 359 g/mol. The molecule has 0 bridgehead atoms. The van der Waals surface area contributed by atoms with Gasteiger partial charge in [-0.15, -0.1) is 0 Å². The van der Waals surface area contributed by atoms with Crippen molar-refractivity contribution in [2.75, 3.05) is 6.61 Å². The number of esters is 1. The zero-order chi connectivity index (χ0) is 18.6. The van der Waals surface area contributed by atoms with Crippen LogP contribution in [0.4, 0.5) is 13.2 Å². The van der Waals surface area contributed by atoms with Gasteiger partial charge in [-0.3, -0.25) is 0 Å². The number of rotatable bonds is 6. The molecule has 1 unspecified atom stereocenters. The molecule has 0 aliphatic heterocycles. The van der Waals surface area contributed by atoms with Gasteiger partial charge in [-0.2, -0.15) is 4.72 Å². The summed E-state index contributed by atoms with van der Waals surface area (Å²) in [6.07, 6.45) is 0. The molecule has 0 radical (unpaired) electrons. The zero-order valence-electron chi connectivity index (χ0n) is 13.0. The maximum atomic E-state index is 13.8. The molecule has 0 spiro atoms. The van der Waals surface area contributed by atoms with Crippen molar-refractivity contribution in [2.24, 2.45) is 0 Å². The molecule has 1 N–H and O–H groups in total. The largest absolute Gasteiger partial charge is 0.465 e. The van der Waals surface area contributed by atoms with E-state index in [0.29, 0.717) is 12.1 Å². The second kappa shape index (κ2) is 7.66. The van der Waals surface area contributed by atoms with E-state index in [1.807, 2.05) is 4.72 Å². The van der Waals surface area contributed by atoms with Gasteiger partial charge in [0.25, 0.3) is 0 Å². The summed E-state index contributed by atoms with van der Waals surface area (Å²) in [7, 11) is -4.67. The Hall–Kier alpha value is -2.39. The third-order valence-corrected chi connectivity index (χ3v) is 4.66. The Balaban J connectivity index is 2.44. The summed E-state index contributed by atoms with van der Waals surface area (Å²) in [5, 5.41) is 0. The maximum absolute atomic E-state index is 13.8. The third kappa shape index (κ3) is 4.18. The van der Waals surface area contributed by atoms with E-state index in [-0.39, 0.29) is 12.2 Å². The summed E-state index contributed by atoms with van der Waals surface area (Å²) < 4.78 is 71.6. The predicted octanol–water partition coefficient (Wildman–Crippen LogP) is 2.69. The van der Waals surface area contributed by atoms with Gasteiger partial charge in [0.15, 0.2) is 17.5 Å². The fraction of sp³-hybridized carbons (Fsp3) is 0.188. The number of benzene rings is 2. The predicted molar refractivity (Wildman–Crippen MR) is 82.5 cm³/mol. The van der Waals surface area contributed by atoms with Gasteiger partial charge in [-0.05, 0) is 24.6 Å². The lowest BCUT2D eigenvalue weighted by Crippen LogP contribution is -2.35. The number of carbonyl (C=O) groups is 1. The van der Waals surface area contributed by atoms with Gasteiger partial charge in [0.05, 0.1) is 6.61 Å². The normalized spacial score (nSPS) is 12.6. The summed E-state index contributed by atoms with van der Waals surface area (Å²) in [5.74, 6) is -6.24. The third-order valence-electron chi connectivity index (χ3n) is 3.22. The van der Waals surface area contributed by atoms with Crippen LogP contribution in [0.25, 0.3) is 0 Å². The highest BCUT2D eigenvalue weighted by molar-refractivity contribution is 7.89. The van der Waals surface area contributed by atoms with E-state index in [1.54, 1.807) is 18.2 Å². The average molecular weight is 373 g/mol. The van der Waals surface area contributed by atoms with E-state index in [9.17, 15) is 26.4 Å². The molecule has 2 aromatic carbocycles. The van der Waals surface area contributed by atoms with Crippen LogP contribution in [0.5, 0.6) is 0 Å². The number of ether oxygens (including phenoxy) is 1. The fourth-order valence-corrected chi connectivity index (χ4v) is 3.30. The lowest BCUT2D eigenvalue weighted by Gasteiger charge is -2.18. The minimum Gasteiger partial charge on any atom is -0.465 e. The second-order valence-electron chi connectivity index (χ2n) is 4.89. The molecule has 0 amide bonds. The molecule has 0 fully saturated rings. The highest BCUT2D eigenvalue weighted by Gasteiger charge is 2.31. The van der Waals surface area contributed by atoms with Gasteiger partial charge >= 0.3 is 5.97 Å². The SMILES string of the molecule is CCOC(=O)C(NS(=O)(=O)c1ccc(F)c(F)c1F)c1ccccc1. The van der Waals surface area contributed by atoms with Gasteiger partial charge in [-0.1, -0.05) is 30.3 Å². The van der Waals surface area contributed by atoms with E-state index in [0.717, 1.165) is 0 Å². The summed E-state index contributed by atoms with van der Waals surface area (Å²) in [6, 6.07) is 7.28. The van der Waals surface area contributed by atoms with Crippen LogP contribution in [0, 0.1) is 17.5 Å². The number of hydrogen-bond donors (Lipinski definition) is 1. The minimum atomic E-state index is -4.67. The molecule has 0 saturated heterocycles. The van der Waals surface area contributed by atoms with E-state index in [4.69, 9.17) is 4.74 Å². The van der Waals surface area contributed by atoms with Crippen LogP contribution in [0.15, 0.2) is 47.4 Å². The van der Waals surface area contributed by atoms with Crippen molar-refractivity contribution in [3.05, 3.63) is 65.5 Å². The Labute approximate surface area is 142 Å². The van der Waals surface area contributed by atoms with Gasteiger partial charge in [-0.25, -0.2) is 26.4 Å². The first-order chi connectivity index (χ1) is 11.8. The first-order valence-electron chi connectivity index (χ1n) is 7.15. The van der Waals surface area contributed by atoms with Crippen molar-refractivity contribution in [2.45, 2.75) is 17.9 Å². The molecule has 1 atom stereocenters. The number of carbonyl (C=O) groups excluding carboxylic acids is 1. The van der Waals surface area contributed by atoms with E-state index < -0.39 is 44.4 Å². The number of halogens is 3. The number of sulfonamides is 1. The summed E-state index contributed by atoms with van der Waals surface area (Å²) in [4.78, 5) is 11.0. The Bertz CT molecular complexity index is 872. The smallest absolute Gasteiger partial charge is 0.328 e. The van der Waals surface area contributed by atoms with Crippen LogP contribution in [0.3, 0.4) is 0 Å².